The minimum absolute atomic E-state index is 0.543. The van der Waals surface area contributed by atoms with Crippen molar-refractivity contribution in [3.05, 3.63) is 0 Å². The first-order valence-electron chi connectivity index (χ1n) is 6.13. The zero-order valence-electron chi connectivity index (χ0n) is 9.51. The zero-order valence-corrected chi connectivity index (χ0v) is 10.3. The maximum atomic E-state index is 3.75. The molecule has 1 N–H and O–H groups in total. The van der Waals surface area contributed by atoms with Crippen LogP contribution in [0.5, 0.6) is 0 Å². The largest absolute Gasteiger partial charge is 0.313 e. The summed E-state index contributed by atoms with van der Waals surface area (Å²) in [6.45, 7) is 5.86. The summed E-state index contributed by atoms with van der Waals surface area (Å²) in [4.78, 5) is 0. The highest BCUT2D eigenvalue weighted by atomic mass is 32.2. The number of hydrogen-bond donors (Lipinski definition) is 1. The third-order valence-corrected chi connectivity index (χ3v) is 5.56. The van der Waals surface area contributed by atoms with E-state index in [0.717, 1.165) is 18.5 Å². The molecule has 82 valence electrons. The van der Waals surface area contributed by atoms with E-state index in [0.29, 0.717) is 4.75 Å². The fourth-order valence-corrected chi connectivity index (χ4v) is 4.42. The molecule has 0 radical (unpaired) electrons. The predicted octanol–water partition coefficient (Wildman–Crippen LogP) is 3.05. The van der Waals surface area contributed by atoms with Crippen LogP contribution in [0.25, 0.3) is 0 Å². The van der Waals surface area contributed by atoms with Crippen molar-refractivity contribution >= 4 is 11.8 Å². The lowest BCUT2D eigenvalue weighted by atomic mass is 9.74. The smallest absolute Gasteiger partial charge is 0.0287 e. The molecule has 2 fully saturated rings. The van der Waals surface area contributed by atoms with Gasteiger partial charge in [0.1, 0.15) is 0 Å². The Balaban J connectivity index is 2.00. The summed E-state index contributed by atoms with van der Waals surface area (Å²) in [6.07, 6.45) is 7.25. The van der Waals surface area contributed by atoms with Gasteiger partial charge in [-0.15, -0.1) is 0 Å². The van der Waals surface area contributed by atoms with Crippen LogP contribution in [0.4, 0.5) is 0 Å². The molecule has 1 nitrogen and oxygen atoms in total. The maximum absolute atomic E-state index is 3.75. The van der Waals surface area contributed by atoms with Crippen LogP contribution < -0.4 is 5.32 Å². The Labute approximate surface area is 92.4 Å². The van der Waals surface area contributed by atoms with Gasteiger partial charge in [0.15, 0.2) is 0 Å². The molecule has 1 saturated carbocycles. The van der Waals surface area contributed by atoms with Crippen LogP contribution in [-0.4, -0.2) is 23.1 Å². The Morgan fingerprint density at radius 1 is 1.43 bits per heavy atom. The third kappa shape index (κ3) is 1.96. The molecule has 1 aliphatic carbocycles. The standard InChI is InChI=1S/C12H23NS/c1-3-13-11(10-6-4-7-10)12(2)8-5-9-14-12/h10-11,13H,3-9H2,1-2H3. The van der Waals surface area contributed by atoms with Crippen molar-refractivity contribution in [2.45, 2.75) is 56.7 Å². The second-order valence-corrected chi connectivity index (χ2v) is 6.62. The fraction of sp³-hybridized carbons (Fsp3) is 1.00. The lowest BCUT2D eigenvalue weighted by Crippen LogP contribution is -2.52. The minimum Gasteiger partial charge on any atom is -0.313 e. The highest BCUT2D eigenvalue weighted by molar-refractivity contribution is 8.00. The Bertz CT molecular complexity index is 183. The summed E-state index contributed by atoms with van der Waals surface area (Å²) in [5.74, 6) is 2.36. The normalized spacial score (nSPS) is 35.6. The first-order valence-corrected chi connectivity index (χ1v) is 7.12. The summed E-state index contributed by atoms with van der Waals surface area (Å²) in [5, 5.41) is 3.75. The van der Waals surface area contributed by atoms with E-state index in [4.69, 9.17) is 0 Å². The van der Waals surface area contributed by atoms with Gasteiger partial charge >= 0.3 is 0 Å². The van der Waals surface area contributed by atoms with Gasteiger partial charge < -0.3 is 5.32 Å². The molecule has 2 aliphatic rings. The molecule has 0 aromatic rings. The minimum atomic E-state index is 0.543. The average Bonchev–Trinajstić information content (AvgIpc) is 2.49. The van der Waals surface area contributed by atoms with E-state index in [-0.39, 0.29) is 0 Å². The Kier molecular flexibility index (Phi) is 3.43. The van der Waals surface area contributed by atoms with Crippen molar-refractivity contribution in [3.63, 3.8) is 0 Å². The van der Waals surface area contributed by atoms with Crippen molar-refractivity contribution in [1.82, 2.24) is 5.32 Å². The van der Waals surface area contributed by atoms with E-state index in [2.05, 4.69) is 30.9 Å². The molecule has 2 rings (SSSR count). The van der Waals surface area contributed by atoms with Crippen LogP contribution in [-0.2, 0) is 0 Å². The molecule has 0 amide bonds. The summed E-state index contributed by atoms with van der Waals surface area (Å²) in [5.41, 5.74) is 0. The second-order valence-electron chi connectivity index (χ2n) is 4.99. The van der Waals surface area contributed by atoms with E-state index >= 15 is 0 Å². The molecule has 14 heavy (non-hydrogen) atoms. The highest BCUT2D eigenvalue weighted by Crippen LogP contribution is 2.46. The molecule has 1 heterocycles. The van der Waals surface area contributed by atoms with Gasteiger partial charge in [-0.3, -0.25) is 0 Å². The Morgan fingerprint density at radius 2 is 2.21 bits per heavy atom. The molecule has 0 bridgehead atoms. The van der Waals surface area contributed by atoms with Crippen LogP contribution in [0.3, 0.4) is 0 Å². The average molecular weight is 213 g/mol. The van der Waals surface area contributed by atoms with Gasteiger partial charge in [0.25, 0.3) is 0 Å². The molecule has 0 aromatic heterocycles. The molecule has 0 spiro atoms. The van der Waals surface area contributed by atoms with Crippen LogP contribution >= 0.6 is 11.8 Å². The van der Waals surface area contributed by atoms with Gasteiger partial charge in [0.05, 0.1) is 0 Å². The SMILES string of the molecule is CCNC(C1CCC1)C1(C)CCCS1. The molecule has 2 heteroatoms. The van der Waals surface area contributed by atoms with Crippen LogP contribution in [0, 0.1) is 5.92 Å². The van der Waals surface area contributed by atoms with Crippen molar-refractivity contribution < 1.29 is 0 Å². The third-order valence-electron chi connectivity index (χ3n) is 3.95. The summed E-state index contributed by atoms with van der Waals surface area (Å²) in [7, 11) is 0. The topological polar surface area (TPSA) is 12.0 Å². The van der Waals surface area contributed by atoms with Gasteiger partial charge in [0, 0.05) is 10.8 Å². The van der Waals surface area contributed by atoms with Gasteiger partial charge in [-0.1, -0.05) is 13.3 Å². The van der Waals surface area contributed by atoms with E-state index in [9.17, 15) is 0 Å². The van der Waals surface area contributed by atoms with Gasteiger partial charge in [-0.2, -0.15) is 11.8 Å². The van der Waals surface area contributed by atoms with Gasteiger partial charge in [0.2, 0.25) is 0 Å². The van der Waals surface area contributed by atoms with E-state index in [1.54, 1.807) is 0 Å². The number of hydrogen-bond acceptors (Lipinski definition) is 2. The molecular weight excluding hydrogens is 190 g/mol. The predicted molar refractivity (Wildman–Crippen MR) is 64.9 cm³/mol. The fourth-order valence-electron chi connectivity index (χ4n) is 2.92. The molecule has 2 atom stereocenters. The quantitative estimate of drug-likeness (QED) is 0.770. The number of rotatable bonds is 4. The Hall–Kier alpha value is 0.310. The first-order chi connectivity index (χ1) is 6.76. The summed E-state index contributed by atoms with van der Waals surface area (Å²) >= 11 is 2.21. The molecule has 1 aliphatic heterocycles. The van der Waals surface area contributed by atoms with Gasteiger partial charge in [-0.05, 0) is 50.8 Å². The lowest BCUT2D eigenvalue weighted by molar-refractivity contribution is 0.196. The van der Waals surface area contributed by atoms with Gasteiger partial charge in [-0.25, -0.2) is 0 Å². The maximum Gasteiger partial charge on any atom is 0.0287 e. The monoisotopic (exact) mass is 213 g/mol. The molecule has 1 saturated heterocycles. The van der Waals surface area contributed by atoms with Crippen molar-refractivity contribution in [2.24, 2.45) is 5.92 Å². The first kappa shape index (κ1) is 10.8. The van der Waals surface area contributed by atoms with Crippen LogP contribution in [0.15, 0.2) is 0 Å². The molecule has 0 aromatic carbocycles. The Morgan fingerprint density at radius 3 is 2.64 bits per heavy atom. The second kappa shape index (κ2) is 4.44. The van der Waals surface area contributed by atoms with Crippen LogP contribution in [0.2, 0.25) is 0 Å². The highest BCUT2D eigenvalue weighted by Gasteiger charge is 2.42. The molecular formula is C12H23NS. The number of nitrogens with one attached hydrogen (secondary N) is 1. The lowest BCUT2D eigenvalue weighted by Gasteiger charge is -2.43. The van der Waals surface area contributed by atoms with Crippen molar-refractivity contribution in [3.8, 4) is 0 Å². The van der Waals surface area contributed by atoms with Crippen LogP contribution in [0.1, 0.15) is 46.0 Å². The van der Waals surface area contributed by atoms with Crippen molar-refractivity contribution in [2.75, 3.05) is 12.3 Å². The van der Waals surface area contributed by atoms with Crippen molar-refractivity contribution in [1.29, 1.82) is 0 Å². The molecule has 2 unspecified atom stereocenters. The summed E-state index contributed by atoms with van der Waals surface area (Å²) in [6, 6.07) is 0.786. The van der Waals surface area contributed by atoms with E-state index < -0.39 is 0 Å². The zero-order chi connectivity index (χ0) is 10.0. The summed E-state index contributed by atoms with van der Waals surface area (Å²) < 4.78 is 0.543. The number of thioether (sulfide) groups is 1. The van der Waals surface area contributed by atoms with E-state index in [1.165, 1.54) is 37.9 Å². The van der Waals surface area contributed by atoms with E-state index in [1.807, 2.05) is 0 Å².